The van der Waals surface area contributed by atoms with E-state index in [0.29, 0.717) is 6.54 Å². The standard InChI is InChI=1S/C8H14N2O2/c1-10-4-2-3-8(5-10,6-11)7(9)12/h2-3,11H,4-6H2,1H3,(H2,9,12). The molecule has 1 rings (SSSR count). The summed E-state index contributed by atoms with van der Waals surface area (Å²) in [6.45, 7) is 1.08. The molecular formula is C8H14N2O2. The van der Waals surface area contributed by atoms with Crippen molar-refractivity contribution in [2.45, 2.75) is 0 Å². The molecule has 1 aliphatic heterocycles. The Morgan fingerprint density at radius 2 is 2.50 bits per heavy atom. The summed E-state index contributed by atoms with van der Waals surface area (Å²) in [5.74, 6) is -0.465. The molecule has 0 aliphatic carbocycles. The summed E-state index contributed by atoms with van der Waals surface area (Å²) < 4.78 is 0. The first kappa shape index (κ1) is 9.22. The molecule has 0 aromatic carbocycles. The van der Waals surface area contributed by atoms with E-state index >= 15 is 0 Å². The zero-order valence-electron chi connectivity index (χ0n) is 7.16. The number of primary amides is 1. The summed E-state index contributed by atoms with van der Waals surface area (Å²) in [5, 5.41) is 9.05. The van der Waals surface area contributed by atoms with E-state index in [9.17, 15) is 4.79 Å². The fourth-order valence-corrected chi connectivity index (χ4v) is 1.40. The van der Waals surface area contributed by atoms with Gasteiger partial charge in [-0.3, -0.25) is 4.79 Å². The first-order chi connectivity index (χ1) is 5.60. The summed E-state index contributed by atoms with van der Waals surface area (Å²) in [6.07, 6.45) is 3.56. The van der Waals surface area contributed by atoms with Gasteiger partial charge >= 0.3 is 0 Å². The van der Waals surface area contributed by atoms with Gasteiger partial charge in [-0.25, -0.2) is 0 Å². The van der Waals surface area contributed by atoms with Crippen molar-refractivity contribution in [3.8, 4) is 0 Å². The highest BCUT2D eigenvalue weighted by Crippen LogP contribution is 2.22. The number of carbonyl (C=O) groups is 1. The molecule has 1 unspecified atom stereocenters. The lowest BCUT2D eigenvalue weighted by Crippen LogP contribution is -2.48. The average molecular weight is 170 g/mol. The summed E-state index contributed by atoms with van der Waals surface area (Å²) in [6, 6.07) is 0. The van der Waals surface area contributed by atoms with E-state index in [1.165, 1.54) is 0 Å². The molecule has 0 spiro atoms. The molecule has 0 aromatic rings. The van der Waals surface area contributed by atoms with E-state index in [2.05, 4.69) is 0 Å². The van der Waals surface area contributed by atoms with E-state index in [-0.39, 0.29) is 6.61 Å². The number of carbonyl (C=O) groups excluding carboxylic acids is 1. The van der Waals surface area contributed by atoms with Gasteiger partial charge in [-0.2, -0.15) is 0 Å². The minimum absolute atomic E-state index is 0.219. The Morgan fingerprint density at radius 1 is 1.83 bits per heavy atom. The van der Waals surface area contributed by atoms with Gasteiger partial charge in [0.1, 0.15) is 5.41 Å². The number of amides is 1. The van der Waals surface area contributed by atoms with Gasteiger partial charge in [0, 0.05) is 13.1 Å². The van der Waals surface area contributed by atoms with Crippen LogP contribution in [0, 0.1) is 5.41 Å². The minimum Gasteiger partial charge on any atom is -0.395 e. The van der Waals surface area contributed by atoms with Gasteiger partial charge in [0.25, 0.3) is 0 Å². The second-order valence-electron chi connectivity index (χ2n) is 3.28. The molecule has 12 heavy (non-hydrogen) atoms. The van der Waals surface area contributed by atoms with E-state index in [1.54, 1.807) is 6.08 Å². The third kappa shape index (κ3) is 1.49. The highest BCUT2D eigenvalue weighted by molar-refractivity contribution is 5.83. The van der Waals surface area contributed by atoms with Crippen LogP contribution in [0.3, 0.4) is 0 Å². The summed E-state index contributed by atoms with van der Waals surface area (Å²) in [5.41, 5.74) is 4.33. The highest BCUT2D eigenvalue weighted by Gasteiger charge is 2.36. The van der Waals surface area contributed by atoms with Crippen LogP contribution in [0.5, 0.6) is 0 Å². The van der Waals surface area contributed by atoms with Gasteiger partial charge in [0.2, 0.25) is 5.91 Å². The normalized spacial score (nSPS) is 30.5. The predicted octanol–water partition coefficient (Wildman–Crippen LogP) is -1.05. The van der Waals surface area contributed by atoms with Crippen molar-refractivity contribution in [3.05, 3.63) is 12.2 Å². The Morgan fingerprint density at radius 3 is 2.83 bits per heavy atom. The van der Waals surface area contributed by atoms with Gasteiger partial charge in [0.15, 0.2) is 0 Å². The molecule has 0 radical (unpaired) electrons. The van der Waals surface area contributed by atoms with Gasteiger partial charge in [-0.15, -0.1) is 0 Å². The summed E-state index contributed by atoms with van der Waals surface area (Å²) in [4.78, 5) is 13.0. The van der Waals surface area contributed by atoms with Crippen LogP contribution in [0.4, 0.5) is 0 Å². The van der Waals surface area contributed by atoms with Crippen LogP contribution in [-0.2, 0) is 4.79 Å². The monoisotopic (exact) mass is 170 g/mol. The van der Waals surface area contributed by atoms with Crippen LogP contribution < -0.4 is 5.73 Å². The van der Waals surface area contributed by atoms with Crippen LogP contribution in [0.15, 0.2) is 12.2 Å². The van der Waals surface area contributed by atoms with Crippen LogP contribution in [0.2, 0.25) is 0 Å². The second kappa shape index (κ2) is 3.25. The number of rotatable bonds is 2. The Kier molecular flexibility index (Phi) is 2.49. The Balaban J connectivity index is 2.86. The first-order valence-corrected chi connectivity index (χ1v) is 3.88. The van der Waals surface area contributed by atoms with Crippen molar-refractivity contribution in [1.29, 1.82) is 0 Å². The van der Waals surface area contributed by atoms with Crippen LogP contribution in [-0.4, -0.2) is 42.7 Å². The van der Waals surface area contributed by atoms with E-state index in [4.69, 9.17) is 10.8 Å². The lowest BCUT2D eigenvalue weighted by molar-refractivity contribution is -0.128. The van der Waals surface area contributed by atoms with Crippen LogP contribution in [0.25, 0.3) is 0 Å². The zero-order valence-corrected chi connectivity index (χ0v) is 7.16. The predicted molar refractivity (Wildman–Crippen MR) is 45.4 cm³/mol. The Hall–Kier alpha value is -0.870. The van der Waals surface area contributed by atoms with E-state index in [0.717, 1.165) is 6.54 Å². The quantitative estimate of drug-likeness (QED) is 0.520. The van der Waals surface area contributed by atoms with Crippen molar-refractivity contribution in [1.82, 2.24) is 4.90 Å². The fraction of sp³-hybridized carbons (Fsp3) is 0.625. The van der Waals surface area contributed by atoms with Crippen molar-refractivity contribution < 1.29 is 9.90 Å². The van der Waals surface area contributed by atoms with Crippen LogP contribution >= 0.6 is 0 Å². The minimum atomic E-state index is -0.868. The molecule has 0 saturated carbocycles. The maximum atomic E-state index is 11.0. The fourth-order valence-electron chi connectivity index (χ4n) is 1.40. The van der Waals surface area contributed by atoms with E-state index < -0.39 is 11.3 Å². The lowest BCUT2D eigenvalue weighted by Gasteiger charge is -2.33. The molecule has 3 N–H and O–H groups in total. The van der Waals surface area contributed by atoms with Crippen LogP contribution in [0.1, 0.15) is 0 Å². The molecule has 1 amide bonds. The molecule has 68 valence electrons. The smallest absolute Gasteiger partial charge is 0.231 e. The lowest BCUT2D eigenvalue weighted by atomic mass is 9.85. The number of nitrogens with zero attached hydrogens (tertiary/aromatic N) is 1. The van der Waals surface area contributed by atoms with Crippen molar-refractivity contribution in [3.63, 3.8) is 0 Å². The molecule has 0 saturated heterocycles. The third-order valence-corrected chi connectivity index (χ3v) is 2.18. The molecule has 1 aliphatic rings. The van der Waals surface area contributed by atoms with Gasteiger partial charge in [0.05, 0.1) is 6.61 Å². The van der Waals surface area contributed by atoms with Gasteiger partial charge in [-0.1, -0.05) is 12.2 Å². The average Bonchev–Trinajstić information content (AvgIpc) is 2.04. The van der Waals surface area contributed by atoms with Gasteiger partial charge in [-0.05, 0) is 7.05 Å². The summed E-state index contributed by atoms with van der Waals surface area (Å²) >= 11 is 0. The SMILES string of the molecule is CN1CC=CC(CO)(C(N)=O)C1. The van der Waals surface area contributed by atoms with Crippen molar-refractivity contribution >= 4 is 5.91 Å². The topological polar surface area (TPSA) is 66.6 Å². The molecule has 1 atom stereocenters. The Labute approximate surface area is 71.7 Å². The highest BCUT2D eigenvalue weighted by atomic mass is 16.3. The molecule has 0 aromatic heterocycles. The largest absolute Gasteiger partial charge is 0.395 e. The second-order valence-corrected chi connectivity index (χ2v) is 3.28. The molecular weight excluding hydrogens is 156 g/mol. The number of aliphatic hydroxyl groups excluding tert-OH is 1. The maximum absolute atomic E-state index is 11.0. The molecule has 4 nitrogen and oxygen atoms in total. The van der Waals surface area contributed by atoms with Gasteiger partial charge < -0.3 is 15.7 Å². The molecule has 0 bridgehead atoms. The number of hydrogen-bond acceptors (Lipinski definition) is 3. The summed E-state index contributed by atoms with van der Waals surface area (Å²) in [7, 11) is 1.89. The maximum Gasteiger partial charge on any atom is 0.231 e. The van der Waals surface area contributed by atoms with E-state index in [1.807, 2.05) is 18.0 Å². The molecule has 4 heteroatoms. The number of likely N-dealkylation sites (N-methyl/N-ethyl adjacent to an activating group) is 1. The number of nitrogens with two attached hydrogens (primary N) is 1. The number of aliphatic hydroxyl groups is 1. The molecule has 0 fully saturated rings. The molecule has 1 heterocycles. The third-order valence-electron chi connectivity index (χ3n) is 2.18. The Bertz CT molecular complexity index is 215. The zero-order chi connectivity index (χ0) is 9.19. The number of hydrogen-bond donors (Lipinski definition) is 2. The van der Waals surface area contributed by atoms with Crippen molar-refractivity contribution in [2.24, 2.45) is 11.1 Å². The van der Waals surface area contributed by atoms with Crippen molar-refractivity contribution in [2.75, 3.05) is 26.7 Å². The first-order valence-electron chi connectivity index (χ1n) is 3.88.